The van der Waals surface area contributed by atoms with Crippen LogP contribution in [-0.4, -0.2) is 57.7 Å². The lowest BCUT2D eigenvalue weighted by molar-refractivity contribution is 0.0944. The van der Waals surface area contributed by atoms with Gasteiger partial charge in [0.05, 0.1) is 20.8 Å². The molecule has 0 aliphatic heterocycles. The van der Waals surface area contributed by atoms with Crippen LogP contribution >= 0.6 is 0 Å². The maximum atomic E-state index is 12.2. The maximum Gasteiger partial charge on any atom is 0.263 e. The van der Waals surface area contributed by atoms with Crippen molar-refractivity contribution in [2.45, 2.75) is 0 Å². The summed E-state index contributed by atoms with van der Waals surface area (Å²) in [6.07, 6.45) is 1.59. The average Bonchev–Trinajstić information content (AvgIpc) is 3.26. The molecule has 0 saturated heterocycles. The summed E-state index contributed by atoms with van der Waals surface area (Å²) in [5.41, 5.74) is 0.990. The molecule has 0 atom stereocenters. The van der Waals surface area contributed by atoms with Gasteiger partial charge in [0.25, 0.3) is 11.5 Å². The third-order valence-electron chi connectivity index (χ3n) is 4.89. The van der Waals surface area contributed by atoms with E-state index in [0.717, 1.165) is 5.56 Å². The van der Waals surface area contributed by atoms with E-state index in [1.165, 1.54) is 10.6 Å². The van der Waals surface area contributed by atoms with E-state index in [4.69, 9.17) is 14.2 Å². The summed E-state index contributed by atoms with van der Waals surface area (Å²) in [6, 6.07) is 11.9. The second-order valence-corrected chi connectivity index (χ2v) is 6.98. The fourth-order valence-electron chi connectivity index (χ4n) is 3.19. The first kappa shape index (κ1) is 21.8. The quantitative estimate of drug-likeness (QED) is 0.399. The average molecular weight is 450 g/mol. The van der Waals surface area contributed by atoms with E-state index >= 15 is 0 Å². The Balaban J connectivity index is 1.45. The SMILES string of the molecule is COc1ccc(-c2nnc3ccc(OCCNC(=O)c4cccn(C)c4=O)nn23)cc1OC. The molecule has 0 aliphatic carbocycles. The number of nitrogens with one attached hydrogen (secondary N) is 1. The summed E-state index contributed by atoms with van der Waals surface area (Å²) in [7, 11) is 4.71. The number of carbonyl (C=O) groups excluding carboxylic acids is 1. The minimum absolute atomic E-state index is 0.0728. The molecule has 0 saturated carbocycles. The van der Waals surface area contributed by atoms with Crippen LogP contribution in [0.25, 0.3) is 17.0 Å². The Morgan fingerprint density at radius 2 is 1.88 bits per heavy atom. The maximum absolute atomic E-state index is 12.2. The Bertz CT molecular complexity index is 1360. The first-order chi connectivity index (χ1) is 16.0. The number of carbonyl (C=O) groups is 1. The highest BCUT2D eigenvalue weighted by Gasteiger charge is 2.14. The molecule has 1 N–H and O–H groups in total. The van der Waals surface area contributed by atoms with Crippen molar-refractivity contribution in [3.63, 3.8) is 0 Å². The van der Waals surface area contributed by atoms with E-state index in [1.807, 2.05) is 6.07 Å². The van der Waals surface area contributed by atoms with Crippen molar-refractivity contribution in [1.29, 1.82) is 0 Å². The minimum atomic E-state index is -0.460. The first-order valence-electron chi connectivity index (χ1n) is 10.0. The third kappa shape index (κ3) is 4.47. The van der Waals surface area contributed by atoms with Crippen molar-refractivity contribution in [3.05, 3.63) is 64.6 Å². The van der Waals surface area contributed by atoms with Gasteiger partial charge in [0.1, 0.15) is 12.2 Å². The lowest BCUT2D eigenvalue weighted by Crippen LogP contribution is -2.34. The third-order valence-corrected chi connectivity index (χ3v) is 4.89. The number of nitrogens with zero attached hydrogens (tertiary/aromatic N) is 5. The van der Waals surface area contributed by atoms with E-state index < -0.39 is 5.91 Å². The smallest absolute Gasteiger partial charge is 0.263 e. The van der Waals surface area contributed by atoms with Crippen molar-refractivity contribution in [2.24, 2.45) is 7.05 Å². The molecule has 4 rings (SSSR count). The van der Waals surface area contributed by atoms with Gasteiger partial charge in [0.2, 0.25) is 5.88 Å². The molecular weight excluding hydrogens is 428 g/mol. The van der Waals surface area contributed by atoms with Crippen molar-refractivity contribution >= 4 is 11.6 Å². The fraction of sp³-hybridized carbons (Fsp3) is 0.227. The van der Waals surface area contributed by atoms with Crippen molar-refractivity contribution in [3.8, 4) is 28.8 Å². The molecule has 33 heavy (non-hydrogen) atoms. The molecule has 170 valence electrons. The number of fused-ring (bicyclic) bond motifs is 1. The number of ether oxygens (including phenoxy) is 3. The lowest BCUT2D eigenvalue weighted by atomic mass is 10.2. The molecule has 0 unspecified atom stereocenters. The van der Waals surface area contributed by atoms with Crippen LogP contribution in [0.1, 0.15) is 10.4 Å². The molecule has 4 aromatic rings. The summed E-state index contributed by atoms with van der Waals surface area (Å²) in [5, 5.41) is 15.5. The van der Waals surface area contributed by atoms with Gasteiger partial charge in [-0.1, -0.05) is 0 Å². The Labute approximate surface area is 188 Å². The summed E-state index contributed by atoms with van der Waals surface area (Å²) in [6.45, 7) is 0.354. The Morgan fingerprint density at radius 1 is 1.06 bits per heavy atom. The molecule has 11 nitrogen and oxygen atoms in total. The zero-order chi connectivity index (χ0) is 23.4. The number of hydrogen-bond donors (Lipinski definition) is 1. The molecule has 11 heteroatoms. The summed E-state index contributed by atoms with van der Waals surface area (Å²) in [5.74, 6) is 1.53. The second-order valence-electron chi connectivity index (χ2n) is 6.98. The molecule has 0 spiro atoms. The van der Waals surface area contributed by atoms with E-state index in [1.54, 1.807) is 62.3 Å². The largest absolute Gasteiger partial charge is 0.493 e. The van der Waals surface area contributed by atoms with Crippen LogP contribution in [0.4, 0.5) is 0 Å². The van der Waals surface area contributed by atoms with Crippen LogP contribution < -0.4 is 25.1 Å². The lowest BCUT2D eigenvalue weighted by Gasteiger charge is -2.09. The van der Waals surface area contributed by atoms with Crippen LogP contribution in [-0.2, 0) is 7.05 Å². The van der Waals surface area contributed by atoms with E-state index in [9.17, 15) is 9.59 Å². The van der Waals surface area contributed by atoms with Crippen molar-refractivity contribution in [2.75, 3.05) is 27.4 Å². The monoisotopic (exact) mass is 450 g/mol. The Hall–Kier alpha value is -4.41. The van der Waals surface area contributed by atoms with E-state index in [0.29, 0.717) is 28.9 Å². The Morgan fingerprint density at radius 3 is 2.67 bits per heavy atom. The summed E-state index contributed by atoms with van der Waals surface area (Å²) < 4.78 is 19.2. The minimum Gasteiger partial charge on any atom is -0.493 e. The zero-order valence-electron chi connectivity index (χ0n) is 18.3. The molecule has 1 aromatic carbocycles. The number of aromatic nitrogens is 5. The molecule has 0 radical (unpaired) electrons. The number of aryl methyl sites for hydroxylation is 1. The highest BCUT2D eigenvalue weighted by atomic mass is 16.5. The van der Waals surface area contributed by atoms with Gasteiger partial charge in [-0.05, 0) is 36.4 Å². The van der Waals surface area contributed by atoms with Crippen molar-refractivity contribution in [1.82, 2.24) is 29.7 Å². The summed E-state index contributed by atoms with van der Waals surface area (Å²) >= 11 is 0. The molecular formula is C22H22N6O5. The highest BCUT2D eigenvalue weighted by Crippen LogP contribution is 2.31. The molecule has 0 bridgehead atoms. The number of methoxy groups -OCH3 is 2. The van der Waals surface area contributed by atoms with Gasteiger partial charge < -0.3 is 24.1 Å². The zero-order valence-corrected chi connectivity index (χ0v) is 18.3. The highest BCUT2D eigenvalue weighted by molar-refractivity contribution is 5.93. The fourth-order valence-corrected chi connectivity index (χ4v) is 3.19. The first-order valence-corrected chi connectivity index (χ1v) is 10.0. The van der Waals surface area contributed by atoms with E-state index in [-0.39, 0.29) is 24.3 Å². The normalized spacial score (nSPS) is 10.8. The van der Waals surface area contributed by atoms with Crippen LogP contribution in [0.2, 0.25) is 0 Å². The van der Waals surface area contributed by atoms with Crippen molar-refractivity contribution < 1.29 is 19.0 Å². The molecule has 0 aliphatic rings. The van der Waals surface area contributed by atoms with Crippen LogP contribution in [0.5, 0.6) is 17.4 Å². The van der Waals surface area contributed by atoms with Gasteiger partial charge in [0, 0.05) is 24.9 Å². The topological polar surface area (TPSA) is 122 Å². The predicted octanol–water partition coefficient (Wildman–Crippen LogP) is 1.32. The number of rotatable bonds is 8. The second kappa shape index (κ2) is 9.39. The summed E-state index contributed by atoms with van der Waals surface area (Å²) in [4.78, 5) is 24.3. The van der Waals surface area contributed by atoms with Gasteiger partial charge in [-0.2, -0.15) is 4.52 Å². The van der Waals surface area contributed by atoms with Gasteiger partial charge in [-0.15, -0.1) is 15.3 Å². The van der Waals surface area contributed by atoms with Crippen LogP contribution in [0.15, 0.2) is 53.5 Å². The number of benzene rings is 1. The number of hydrogen-bond acceptors (Lipinski definition) is 8. The van der Waals surface area contributed by atoms with Gasteiger partial charge >= 0.3 is 0 Å². The molecule has 3 aromatic heterocycles. The van der Waals surface area contributed by atoms with E-state index in [2.05, 4.69) is 20.6 Å². The molecule has 3 heterocycles. The van der Waals surface area contributed by atoms with Crippen LogP contribution in [0.3, 0.4) is 0 Å². The molecule has 1 amide bonds. The molecule has 0 fully saturated rings. The number of amides is 1. The van der Waals surface area contributed by atoms with Gasteiger partial charge in [-0.25, -0.2) is 0 Å². The van der Waals surface area contributed by atoms with Gasteiger partial charge in [-0.3, -0.25) is 9.59 Å². The van der Waals surface area contributed by atoms with Crippen LogP contribution in [0, 0.1) is 0 Å². The Kier molecular flexibility index (Phi) is 6.20. The van der Waals surface area contributed by atoms with Gasteiger partial charge in [0.15, 0.2) is 23.0 Å². The number of pyridine rings is 1. The predicted molar refractivity (Wildman–Crippen MR) is 119 cm³/mol. The standard InChI is InChI=1S/C22H22N6O5/c1-27-11-4-5-15(22(27)30)21(29)23-10-12-33-19-9-8-18-24-25-20(28(18)26-19)14-6-7-16(31-2)17(13-14)32-3/h4-9,11,13H,10,12H2,1-3H3,(H,23,29).